The van der Waals surface area contributed by atoms with Crippen molar-refractivity contribution in [3.63, 3.8) is 0 Å². The first-order chi connectivity index (χ1) is 15.0. The average molecular weight is 424 g/mol. The van der Waals surface area contributed by atoms with E-state index in [9.17, 15) is 9.59 Å². The molecule has 0 spiro atoms. The van der Waals surface area contributed by atoms with Gasteiger partial charge in [-0.05, 0) is 43.0 Å². The average Bonchev–Trinajstić information content (AvgIpc) is 2.78. The lowest BCUT2D eigenvalue weighted by Crippen LogP contribution is -2.45. The topological polar surface area (TPSA) is 90.1 Å². The highest BCUT2D eigenvalue weighted by Gasteiger charge is 2.23. The van der Waals surface area contributed by atoms with Gasteiger partial charge in [0.2, 0.25) is 5.91 Å². The molecule has 2 aromatic rings. The Morgan fingerprint density at radius 2 is 2.19 bits per heavy atom. The SMILES string of the molecule is CCc1cc(-c2c[nH]c(=O)c(NC3CCCN(C(=O)/C=C/CNC(C)C)C3)c2)ccn1. The molecule has 166 valence electrons. The largest absolute Gasteiger partial charge is 0.376 e. The van der Waals surface area contributed by atoms with Crippen molar-refractivity contribution in [1.29, 1.82) is 0 Å². The van der Waals surface area contributed by atoms with Crippen LogP contribution in [0.25, 0.3) is 11.1 Å². The van der Waals surface area contributed by atoms with Crippen molar-refractivity contribution >= 4 is 11.6 Å². The predicted octanol–water partition coefficient (Wildman–Crippen LogP) is 2.96. The molecule has 1 atom stereocenters. The van der Waals surface area contributed by atoms with E-state index < -0.39 is 0 Å². The van der Waals surface area contributed by atoms with Crippen molar-refractivity contribution in [2.24, 2.45) is 0 Å². The molecule has 1 aliphatic rings. The third-order valence-corrected chi connectivity index (χ3v) is 5.41. The number of carbonyl (C=O) groups is 1. The quantitative estimate of drug-likeness (QED) is 0.568. The summed E-state index contributed by atoms with van der Waals surface area (Å²) < 4.78 is 0. The van der Waals surface area contributed by atoms with E-state index in [1.807, 2.05) is 29.2 Å². The molecule has 7 nitrogen and oxygen atoms in total. The number of aromatic nitrogens is 2. The number of aryl methyl sites for hydroxylation is 1. The lowest BCUT2D eigenvalue weighted by molar-refractivity contribution is -0.127. The van der Waals surface area contributed by atoms with Gasteiger partial charge in [0.05, 0.1) is 0 Å². The van der Waals surface area contributed by atoms with Crippen LogP contribution in [0.1, 0.15) is 39.3 Å². The Balaban J connectivity index is 1.66. The molecule has 0 radical (unpaired) electrons. The molecule has 2 aromatic heterocycles. The summed E-state index contributed by atoms with van der Waals surface area (Å²) in [6, 6.07) is 6.29. The number of hydrogen-bond acceptors (Lipinski definition) is 5. The van der Waals surface area contributed by atoms with Crippen molar-refractivity contribution in [3.8, 4) is 11.1 Å². The standard InChI is InChI=1S/C24H33N5O2/c1-4-20-13-18(9-11-26-20)19-14-22(24(31)27-15-19)28-21-7-6-12-29(16-21)23(30)8-5-10-25-17(2)3/h5,8-9,11,13-15,17,21,25,28H,4,6-7,10,12,16H2,1-3H3,(H,27,31)/b8-5+. The molecule has 3 N–H and O–H groups in total. The molecule has 3 heterocycles. The van der Waals surface area contributed by atoms with E-state index in [4.69, 9.17) is 0 Å². The van der Waals surface area contributed by atoms with Gasteiger partial charge in [-0.1, -0.05) is 26.8 Å². The van der Waals surface area contributed by atoms with E-state index in [1.54, 1.807) is 18.5 Å². The molecular formula is C24H33N5O2. The zero-order valence-electron chi connectivity index (χ0n) is 18.6. The minimum absolute atomic E-state index is 0.0172. The Morgan fingerprint density at radius 1 is 1.35 bits per heavy atom. The van der Waals surface area contributed by atoms with Gasteiger partial charge < -0.3 is 20.5 Å². The molecular weight excluding hydrogens is 390 g/mol. The maximum atomic E-state index is 12.5. The summed E-state index contributed by atoms with van der Waals surface area (Å²) in [6.07, 6.45) is 9.71. The first-order valence-corrected chi connectivity index (χ1v) is 11.1. The zero-order chi connectivity index (χ0) is 22.2. The number of likely N-dealkylation sites (tertiary alicyclic amines) is 1. The molecule has 7 heteroatoms. The minimum Gasteiger partial charge on any atom is -0.376 e. The van der Waals surface area contributed by atoms with Crippen molar-refractivity contribution in [2.45, 2.75) is 52.1 Å². The molecule has 1 saturated heterocycles. The van der Waals surface area contributed by atoms with Gasteiger partial charge in [-0.2, -0.15) is 0 Å². The van der Waals surface area contributed by atoms with Crippen LogP contribution in [0.2, 0.25) is 0 Å². The van der Waals surface area contributed by atoms with Crippen LogP contribution >= 0.6 is 0 Å². The molecule has 0 aromatic carbocycles. The van der Waals surface area contributed by atoms with Crippen LogP contribution < -0.4 is 16.2 Å². The fourth-order valence-electron chi connectivity index (χ4n) is 3.69. The summed E-state index contributed by atoms with van der Waals surface area (Å²) in [4.78, 5) is 34.0. The van der Waals surface area contributed by atoms with Gasteiger partial charge in [0.1, 0.15) is 5.69 Å². The van der Waals surface area contributed by atoms with E-state index in [0.29, 0.717) is 24.8 Å². The fourth-order valence-corrected chi connectivity index (χ4v) is 3.69. The van der Waals surface area contributed by atoms with Crippen molar-refractivity contribution < 1.29 is 4.79 Å². The van der Waals surface area contributed by atoms with E-state index in [1.165, 1.54) is 0 Å². The molecule has 31 heavy (non-hydrogen) atoms. The molecule has 0 saturated carbocycles. The van der Waals surface area contributed by atoms with Gasteiger partial charge >= 0.3 is 0 Å². The minimum atomic E-state index is -0.156. The summed E-state index contributed by atoms with van der Waals surface area (Å²) in [7, 11) is 0. The maximum Gasteiger partial charge on any atom is 0.271 e. The number of amides is 1. The lowest BCUT2D eigenvalue weighted by atomic mass is 10.0. The Kier molecular flexibility index (Phi) is 8.00. The third-order valence-electron chi connectivity index (χ3n) is 5.41. The number of anilines is 1. The molecule has 1 fully saturated rings. The highest BCUT2D eigenvalue weighted by Crippen LogP contribution is 2.22. The second-order valence-electron chi connectivity index (χ2n) is 8.25. The second-order valence-corrected chi connectivity index (χ2v) is 8.25. The number of rotatable bonds is 8. The molecule has 0 aliphatic carbocycles. The van der Waals surface area contributed by atoms with Crippen LogP contribution in [0.15, 0.2) is 47.5 Å². The van der Waals surface area contributed by atoms with E-state index >= 15 is 0 Å². The number of carbonyl (C=O) groups excluding carboxylic acids is 1. The zero-order valence-corrected chi connectivity index (χ0v) is 18.6. The van der Waals surface area contributed by atoms with Gasteiger partial charge in [-0.15, -0.1) is 0 Å². The highest BCUT2D eigenvalue weighted by atomic mass is 16.2. The summed E-state index contributed by atoms with van der Waals surface area (Å²) in [5, 5.41) is 6.63. The normalized spacial score (nSPS) is 16.8. The Morgan fingerprint density at radius 3 is 2.97 bits per heavy atom. The summed E-state index contributed by atoms with van der Waals surface area (Å²) >= 11 is 0. The van der Waals surface area contributed by atoms with Crippen LogP contribution in [-0.2, 0) is 11.2 Å². The van der Waals surface area contributed by atoms with E-state index in [-0.39, 0.29) is 17.5 Å². The van der Waals surface area contributed by atoms with Crippen LogP contribution in [-0.4, -0.2) is 52.5 Å². The number of hydrogen-bond donors (Lipinski definition) is 3. The van der Waals surface area contributed by atoms with Gasteiger partial charge in [0.15, 0.2) is 0 Å². The van der Waals surface area contributed by atoms with E-state index in [0.717, 1.165) is 42.6 Å². The smallest absolute Gasteiger partial charge is 0.271 e. The molecule has 1 unspecified atom stereocenters. The lowest BCUT2D eigenvalue weighted by Gasteiger charge is -2.33. The van der Waals surface area contributed by atoms with Crippen LogP contribution in [0, 0.1) is 0 Å². The van der Waals surface area contributed by atoms with Crippen molar-refractivity contribution in [2.75, 3.05) is 25.0 Å². The third kappa shape index (κ3) is 6.52. The van der Waals surface area contributed by atoms with Crippen LogP contribution in [0.5, 0.6) is 0 Å². The van der Waals surface area contributed by atoms with Gasteiger partial charge in [0.25, 0.3) is 5.56 Å². The number of pyridine rings is 2. The fraction of sp³-hybridized carbons (Fsp3) is 0.458. The van der Waals surface area contributed by atoms with Gasteiger partial charge in [-0.3, -0.25) is 14.6 Å². The number of nitrogens with one attached hydrogen (secondary N) is 3. The van der Waals surface area contributed by atoms with E-state index in [2.05, 4.69) is 41.4 Å². The molecule has 3 rings (SSSR count). The maximum absolute atomic E-state index is 12.5. The Hall–Kier alpha value is -2.93. The molecule has 1 aliphatic heterocycles. The highest BCUT2D eigenvalue weighted by molar-refractivity contribution is 5.87. The number of piperidine rings is 1. The summed E-state index contributed by atoms with van der Waals surface area (Å²) in [5.74, 6) is 0.0172. The number of H-pyrrole nitrogens is 1. The first-order valence-electron chi connectivity index (χ1n) is 11.1. The van der Waals surface area contributed by atoms with Crippen LogP contribution in [0.3, 0.4) is 0 Å². The summed E-state index contributed by atoms with van der Waals surface area (Å²) in [5.41, 5.74) is 3.34. The first kappa shape index (κ1) is 22.7. The van der Waals surface area contributed by atoms with Gasteiger partial charge in [-0.25, -0.2) is 0 Å². The number of aromatic amines is 1. The molecule has 0 bridgehead atoms. The number of nitrogens with zero attached hydrogens (tertiary/aromatic N) is 2. The Labute approximate surface area is 184 Å². The predicted molar refractivity (Wildman–Crippen MR) is 125 cm³/mol. The van der Waals surface area contributed by atoms with Gasteiger partial charge in [0, 0.05) is 61.4 Å². The monoisotopic (exact) mass is 423 g/mol. The van der Waals surface area contributed by atoms with Crippen molar-refractivity contribution in [1.82, 2.24) is 20.2 Å². The van der Waals surface area contributed by atoms with Crippen molar-refractivity contribution in [3.05, 3.63) is 58.8 Å². The second kappa shape index (κ2) is 10.9. The van der Waals surface area contributed by atoms with Crippen LogP contribution in [0.4, 0.5) is 5.69 Å². The Bertz CT molecular complexity index is 966. The summed E-state index contributed by atoms with van der Waals surface area (Å²) in [6.45, 7) is 8.22. The molecule has 1 amide bonds.